The summed E-state index contributed by atoms with van der Waals surface area (Å²) in [6, 6.07) is 3.28. The first-order valence-corrected chi connectivity index (χ1v) is 12.2. The van der Waals surface area contributed by atoms with Crippen LogP contribution in [-0.2, 0) is 16.6 Å². The lowest BCUT2D eigenvalue weighted by Gasteiger charge is -2.27. The van der Waals surface area contributed by atoms with E-state index in [9.17, 15) is 26.7 Å². The first-order valence-electron chi connectivity index (χ1n) is 11.8. The summed E-state index contributed by atoms with van der Waals surface area (Å²) in [5, 5.41) is 3.16. The first kappa shape index (κ1) is 25.3. The number of amides is 1. The summed E-state index contributed by atoms with van der Waals surface area (Å²) in [6.45, 7) is 0. The lowest BCUT2D eigenvalue weighted by Crippen LogP contribution is -2.39. The van der Waals surface area contributed by atoms with E-state index in [0.29, 0.717) is 16.3 Å². The van der Waals surface area contributed by atoms with Crippen LogP contribution >= 0.6 is 11.6 Å². The predicted octanol–water partition coefficient (Wildman–Crippen LogP) is 4.60. The molecule has 1 atom stereocenters. The lowest BCUT2D eigenvalue weighted by atomic mass is 9.74. The number of rotatable bonds is 6. The number of halogens is 6. The number of hydrogen-bond acceptors (Lipinski definition) is 7. The molecule has 1 saturated carbocycles. The van der Waals surface area contributed by atoms with Gasteiger partial charge in [0.25, 0.3) is 0 Å². The highest BCUT2D eigenvalue weighted by atomic mass is 35.5. The molecule has 2 aliphatic rings. The molecular formula is C24H18ClF5N8O. The number of nitrogen functional groups attached to an aromatic ring is 1. The average molecular weight is 565 g/mol. The van der Waals surface area contributed by atoms with Crippen LogP contribution in [-0.4, -0.2) is 47.3 Å². The smallest absolute Gasteiger partial charge is 0.383 e. The van der Waals surface area contributed by atoms with Gasteiger partial charge < -0.3 is 15.5 Å². The summed E-state index contributed by atoms with van der Waals surface area (Å²) < 4.78 is 66.9. The van der Waals surface area contributed by atoms with E-state index in [-0.39, 0.29) is 46.3 Å². The summed E-state index contributed by atoms with van der Waals surface area (Å²) in [4.78, 5) is 35.0. The summed E-state index contributed by atoms with van der Waals surface area (Å²) in [5.41, 5.74) is 6.04. The van der Waals surface area contributed by atoms with Crippen molar-refractivity contribution in [1.29, 1.82) is 0 Å². The average Bonchev–Trinajstić information content (AvgIpc) is 3.52. The number of imidazole rings is 1. The number of fused-ring (bicyclic) bond motifs is 2. The van der Waals surface area contributed by atoms with Crippen LogP contribution in [0.1, 0.15) is 36.2 Å². The molecule has 3 N–H and O–H groups in total. The third-order valence-corrected chi connectivity index (χ3v) is 7.23. The maximum Gasteiger partial charge on any atom is 0.453 e. The monoisotopic (exact) mass is 564 g/mol. The molecule has 1 fully saturated rings. The van der Waals surface area contributed by atoms with Gasteiger partial charge in [-0.2, -0.15) is 22.0 Å². The SMILES string of the molecule is Nc1nc(-c2cn3ccnc3c(CCC(F)(F)C(F)(F)F)n2)nc2c1C(c1ccc(Cl)cn1)(C1CC1)C(=O)N2. The zero-order valence-electron chi connectivity index (χ0n) is 19.8. The normalized spacial score (nSPS) is 19.4. The van der Waals surface area contributed by atoms with Crippen LogP contribution in [0, 0.1) is 5.92 Å². The Morgan fingerprint density at radius 2 is 1.90 bits per heavy atom. The number of nitrogens with zero attached hydrogens (tertiary/aromatic N) is 6. The molecule has 1 amide bonds. The van der Waals surface area contributed by atoms with E-state index in [0.717, 1.165) is 12.8 Å². The molecule has 0 radical (unpaired) electrons. The van der Waals surface area contributed by atoms with Crippen molar-refractivity contribution in [2.24, 2.45) is 5.92 Å². The zero-order chi connectivity index (χ0) is 27.7. The molecule has 1 aliphatic heterocycles. The Hall–Kier alpha value is -3.94. The second-order valence-corrected chi connectivity index (χ2v) is 9.92. The summed E-state index contributed by atoms with van der Waals surface area (Å²) in [6.07, 6.45) is -0.707. The maximum absolute atomic E-state index is 13.6. The van der Waals surface area contributed by atoms with E-state index >= 15 is 0 Å². The summed E-state index contributed by atoms with van der Waals surface area (Å²) in [5.74, 6) is -5.30. The number of aromatic nitrogens is 6. The van der Waals surface area contributed by atoms with E-state index in [4.69, 9.17) is 17.3 Å². The number of hydrogen-bond donors (Lipinski definition) is 2. The van der Waals surface area contributed by atoms with Gasteiger partial charge >= 0.3 is 12.1 Å². The van der Waals surface area contributed by atoms with Crippen LogP contribution in [0.15, 0.2) is 36.9 Å². The van der Waals surface area contributed by atoms with E-state index in [1.807, 2.05) is 0 Å². The molecule has 0 spiro atoms. The minimum atomic E-state index is -5.70. The third-order valence-electron chi connectivity index (χ3n) is 7.01. The van der Waals surface area contributed by atoms with Crippen molar-refractivity contribution in [3.8, 4) is 11.5 Å². The minimum absolute atomic E-state index is 0.0188. The van der Waals surface area contributed by atoms with Crippen molar-refractivity contribution in [2.45, 2.75) is 43.2 Å². The molecule has 0 aromatic carbocycles. The summed E-state index contributed by atoms with van der Waals surface area (Å²) >= 11 is 6.01. The fourth-order valence-electron chi connectivity index (χ4n) is 5.05. The highest BCUT2D eigenvalue weighted by Gasteiger charge is 2.60. The largest absolute Gasteiger partial charge is 0.453 e. The van der Waals surface area contributed by atoms with Crippen molar-refractivity contribution in [1.82, 2.24) is 29.3 Å². The van der Waals surface area contributed by atoms with Crippen molar-refractivity contribution in [2.75, 3.05) is 11.1 Å². The molecule has 0 saturated heterocycles. The molecule has 39 heavy (non-hydrogen) atoms. The number of nitrogens with two attached hydrogens (primary N) is 1. The number of aryl methyl sites for hydroxylation is 1. The van der Waals surface area contributed by atoms with Crippen LogP contribution in [0.2, 0.25) is 5.02 Å². The Bertz CT molecular complexity index is 1620. The van der Waals surface area contributed by atoms with Crippen LogP contribution in [0.4, 0.5) is 33.6 Å². The van der Waals surface area contributed by atoms with Crippen molar-refractivity contribution < 1.29 is 26.7 Å². The molecule has 15 heteroatoms. The van der Waals surface area contributed by atoms with Crippen LogP contribution < -0.4 is 11.1 Å². The van der Waals surface area contributed by atoms with Gasteiger partial charge in [-0.1, -0.05) is 11.6 Å². The minimum Gasteiger partial charge on any atom is -0.383 e. The van der Waals surface area contributed by atoms with E-state index < -0.39 is 30.4 Å². The Labute approximate surface area is 221 Å². The Balaban J connectivity index is 1.43. The molecule has 9 nitrogen and oxygen atoms in total. The van der Waals surface area contributed by atoms with Gasteiger partial charge in [0.1, 0.15) is 22.7 Å². The van der Waals surface area contributed by atoms with Gasteiger partial charge in [0.2, 0.25) is 5.91 Å². The highest BCUT2D eigenvalue weighted by Crippen LogP contribution is 2.57. The predicted molar refractivity (Wildman–Crippen MR) is 129 cm³/mol. The van der Waals surface area contributed by atoms with Gasteiger partial charge in [-0.3, -0.25) is 9.78 Å². The highest BCUT2D eigenvalue weighted by molar-refractivity contribution is 6.30. The van der Waals surface area contributed by atoms with Crippen molar-refractivity contribution in [3.63, 3.8) is 0 Å². The third kappa shape index (κ3) is 3.96. The van der Waals surface area contributed by atoms with Gasteiger partial charge in [0.05, 0.1) is 22.0 Å². The van der Waals surface area contributed by atoms with Gasteiger partial charge in [0, 0.05) is 31.2 Å². The zero-order valence-corrected chi connectivity index (χ0v) is 20.6. The molecule has 4 aromatic rings. The molecule has 0 bridgehead atoms. The quantitative estimate of drug-likeness (QED) is 0.328. The van der Waals surface area contributed by atoms with Crippen molar-refractivity contribution in [3.05, 3.63) is 58.9 Å². The standard InChI is InChI=1S/C24H18ClF5N8O/c25-12-3-4-15(33-9-12)23(11-1-2-11)16-17(31)35-18(36-19(16)37-21(23)39)14-10-38-8-7-32-20(38)13(34-14)5-6-22(26,27)24(28,29)30/h3-4,7-11H,1-2,5-6H2,(H3,31,35,36,37,39). The topological polar surface area (TPSA) is 124 Å². The number of pyridine rings is 1. The molecule has 5 heterocycles. The van der Waals surface area contributed by atoms with Gasteiger partial charge in [-0.25, -0.2) is 19.9 Å². The second-order valence-electron chi connectivity index (χ2n) is 9.49. The van der Waals surface area contributed by atoms with E-state index in [1.54, 1.807) is 12.1 Å². The molecule has 202 valence electrons. The lowest BCUT2D eigenvalue weighted by molar-refractivity contribution is -0.284. The van der Waals surface area contributed by atoms with E-state index in [2.05, 4.69) is 30.2 Å². The van der Waals surface area contributed by atoms with Crippen LogP contribution in [0.25, 0.3) is 17.2 Å². The Morgan fingerprint density at radius 3 is 2.56 bits per heavy atom. The molecule has 1 unspecified atom stereocenters. The first-order chi connectivity index (χ1) is 18.4. The Morgan fingerprint density at radius 1 is 1.13 bits per heavy atom. The van der Waals surface area contributed by atoms with Crippen LogP contribution in [0.5, 0.6) is 0 Å². The molecular weight excluding hydrogens is 547 g/mol. The number of carbonyl (C=O) groups is 1. The second kappa shape index (κ2) is 8.53. The fourth-order valence-corrected chi connectivity index (χ4v) is 5.16. The molecule has 1 aliphatic carbocycles. The van der Waals surface area contributed by atoms with Gasteiger partial charge in [-0.05, 0) is 37.3 Å². The fraction of sp³-hybridized carbons (Fsp3) is 0.333. The van der Waals surface area contributed by atoms with Crippen LogP contribution in [0.3, 0.4) is 0 Å². The van der Waals surface area contributed by atoms with Crippen molar-refractivity contribution >= 4 is 34.8 Å². The number of carbonyl (C=O) groups excluding carboxylic acids is 1. The number of nitrogens with one attached hydrogen (secondary N) is 1. The van der Waals surface area contributed by atoms with Gasteiger partial charge in [-0.15, -0.1) is 0 Å². The number of anilines is 2. The Kier molecular flexibility index (Phi) is 5.54. The molecule has 4 aromatic heterocycles. The van der Waals surface area contributed by atoms with Gasteiger partial charge in [0.15, 0.2) is 11.5 Å². The molecule has 6 rings (SSSR count). The number of alkyl halides is 5. The van der Waals surface area contributed by atoms with E-state index in [1.165, 1.54) is 29.2 Å². The summed E-state index contributed by atoms with van der Waals surface area (Å²) in [7, 11) is 0. The maximum atomic E-state index is 13.6.